The van der Waals surface area contributed by atoms with E-state index in [0.717, 1.165) is 12.8 Å². The quantitative estimate of drug-likeness (QED) is 0.286. The van der Waals surface area contributed by atoms with E-state index < -0.39 is 26.8 Å². The fourth-order valence-electron chi connectivity index (χ4n) is 5.42. The van der Waals surface area contributed by atoms with E-state index in [-0.39, 0.29) is 22.0 Å². The summed E-state index contributed by atoms with van der Waals surface area (Å²) in [6, 6.07) is 8.14. The van der Waals surface area contributed by atoms with Crippen LogP contribution in [0.15, 0.2) is 56.4 Å². The van der Waals surface area contributed by atoms with Crippen LogP contribution in [0, 0.1) is 16.1 Å². The molecular weight excluding hydrogens is 490 g/mol. The molecule has 9 nitrogen and oxygen atoms in total. The molecule has 2 aromatic heterocycles. The summed E-state index contributed by atoms with van der Waals surface area (Å²) in [4.78, 5) is 17.4. The van der Waals surface area contributed by atoms with Gasteiger partial charge in [0.15, 0.2) is 16.4 Å². The molecule has 0 unspecified atom stereocenters. The Hall–Kier alpha value is -2.66. The molecular formula is C24H26ClN5O4S. The number of benzene rings is 1. The maximum absolute atomic E-state index is 12.8. The standard InChI is InChI=1S/C24H26ClN5O4S/c25-15-3-4-17-16(9-15)29-21(34-17)23(26)11-22(12-23)7-8-24(27,13-22)30-20(31)18-5-6-19(33-18)35(28,32)10-14-1-2-14/h3-9,14,28H,1-2,10-13,26-27H2,(H,30,31)/t22?,23?,24-,35-/m0/s1. The van der Waals surface area contributed by atoms with Gasteiger partial charge in [0.05, 0.1) is 5.54 Å². The number of nitrogens with zero attached hydrogens (tertiary/aromatic N) is 1. The molecule has 0 aliphatic heterocycles. The van der Waals surface area contributed by atoms with Crippen LogP contribution in [-0.4, -0.2) is 26.5 Å². The van der Waals surface area contributed by atoms with E-state index in [2.05, 4.69) is 10.3 Å². The number of carbonyl (C=O) groups is 1. The van der Waals surface area contributed by atoms with Crippen molar-refractivity contribution in [1.29, 1.82) is 4.78 Å². The van der Waals surface area contributed by atoms with Gasteiger partial charge in [-0.25, -0.2) is 14.0 Å². The van der Waals surface area contributed by atoms with Gasteiger partial charge in [-0.3, -0.25) is 4.79 Å². The number of oxazole rings is 1. The summed E-state index contributed by atoms with van der Waals surface area (Å²) in [6.45, 7) is 0. The van der Waals surface area contributed by atoms with E-state index in [4.69, 9.17) is 36.7 Å². The van der Waals surface area contributed by atoms with Gasteiger partial charge >= 0.3 is 0 Å². The summed E-state index contributed by atoms with van der Waals surface area (Å²) in [5.41, 5.74) is 12.3. The Bertz CT molecular complexity index is 1480. The molecule has 2 saturated carbocycles. The van der Waals surface area contributed by atoms with Crippen molar-refractivity contribution in [3.05, 3.63) is 59.2 Å². The Morgan fingerprint density at radius 2 is 1.94 bits per heavy atom. The van der Waals surface area contributed by atoms with E-state index in [1.54, 1.807) is 24.3 Å². The first-order valence-electron chi connectivity index (χ1n) is 11.5. The van der Waals surface area contributed by atoms with Gasteiger partial charge in [0.1, 0.15) is 20.9 Å². The number of amides is 1. The molecule has 0 saturated heterocycles. The van der Waals surface area contributed by atoms with Crippen LogP contribution in [0.3, 0.4) is 0 Å². The molecule has 2 heterocycles. The summed E-state index contributed by atoms with van der Waals surface area (Å²) in [6.07, 6.45) is 7.34. The van der Waals surface area contributed by atoms with Crippen LogP contribution < -0.4 is 16.8 Å². The smallest absolute Gasteiger partial charge is 0.288 e. The van der Waals surface area contributed by atoms with Crippen LogP contribution in [-0.2, 0) is 15.3 Å². The highest BCUT2D eigenvalue weighted by Gasteiger charge is 2.59. The van der Waals surface area contributed by atoms with E-state index in [0.29, 0.717) is 47.2 Å². The Morgan fingerprint density at radius 1 is 1.17 bits per heavy atom. The molecule has 1 spiro atoms. The molecule has 1 amide bonds. The Morgan fingerprint density at radius 3 is 2.69 bits per heavy atom. The van der Waals surface area contributed by atoms with Gasteiger partial charge in [0, 0.05) is 10.8 Å². The first-order chi connectivity index (χ1) is 16.5. The number of carbonyl (C=O) groups excluding carboxylic acids is 1. The topological polar surface area (TPSA) is 161 Å². The van der Waals surface area contributed by atoms with Crippen molar-refractivity contribution >= 4 is 38.3 Å². The van der Waals surface area contributed by atoms with Crippen molar-refractivity contribution in [3.63, 3.8) is 0 Å². The number of nitrogens with two attached hydrogens (primary N) is 2. The highest BCUT2D eigenvalue weighted by Crippen LogP contribution is 2.59. The molecule has 2 fully saturated rings. The third kappa shape index (κ3) is 4.08. The number of allylic oxidation sites excluding steroid dienone is 1. The van der Waals surface area contributed by atoms with Gasteiger partial charge < -0.3 is 25.6 Å². The van der Waals surface area contributed by atoms with Gasteiger partial charge in [-0.2, -0.15) is 0 Å². The molecule has 11 heteroatoms. The maximum atomic E-state index is 12.8. The van der Waals surface area contributed by atoms with Crippen molar-refractivity contribution < 1.29 is 17.8 Å². The van der Waals surface area contributed by atoms with E-state index in [9.17, 15) is 9.00 Å². The lowest BCUT2D eigenvalue weighted by atomic mass is 9.57. The van der Waals surface area contributed by atoms with Crippen molar-refractivity contribution in [2.24, 2.45) is 22.8 Å². The number of fused-ring (bicyclic) bond motifs is 1. The molecule has 6 rings (SSSR count). The zero-order chi connectivity index (χ0) is 24.6. The van der Waals surface area contributed by atoms with Gasteiger partial charge in [0.25, 0.3) is 5.91 Å². The third-order valence-electron chi connectivity index (χ3n) is 7.13. The van der Waals surface area contributed by atoms with Gasteiger partial charge in [-0.1, -0.05) is 17.7 Å². The molecule has 0 bridgehead atoms. The predicted octanol–water partition coefficient (Wildman–Crippen LogP) is 3.87. The van der Waals surface area contributed by atoms with Crippen LogP contribution in [0.4, 0.5) is 0 Å². The Labute approximate surface area is 207 Å². The average Bonchev–Trinajstić information content (AvgIpc) is 3.16. The fourth-order valence-corrected chi connectivity index (χ4v) is 7.26. The second-order valence-electron chi connectivity index (χ2n) is 10.4. The predicted molar refractivity (Wildman–Crippen MR) is 130 cm³/mol. The number of hydrogen-bond donors (Lipinski definition) is 4. The number of hydrogen-bond acceptors (Lipinski definition) is 8. The number of halogens is 1. The molecule has 3 aliphatic rings. The summed E-state index contributed by atoms with van der Waals surface area (Å²) in [5.74, 6) is 0.500. The summed E-state index contributed by atoms with van der Waals surface area (Å²) >= 11 is 6.05. The van der Waals surface area contributed by atoms with Crippen LogP contribution >= 0.6 is 11.6 Å². The lowest BCUT2D eigenvalue weighted by molar-refractivity contribution is 0.0356. The number of aromatic nitrogens is 1. The highest BCUT2D eigenvalue weighted by atomic mass is 35.5. The average molecular weight is 516 g/mol. The minimum Gasteiger partial charge on any atom is -0.441 e. The van der Waals surface area contributed by atoms with Crippen molar-refractivity contribution in [2.45, 2.75) is 48.4 Å². The number of rotatable bonds is 6. The summed E-state index contributed by atoms with van der Waals surface area (Å²) in [7, 11) is -3.05. The Balaban J connectivity index is 1.12. The van der Waals surface area contributed by atoms with E-state index >= 15 is 0 Å². The lowest BCUT2D eigenvalue weighted by Gasteiger charge is -2.51. The molecule has 3 aromatic rings. The molecule has 1 aromatic carbocycles. The minimum atomic E-state index is -3.05. The maximum Gasteiger partial charge on any atom is 0.288 e. The molecule has 35 heavy (non-hydrogen) atoms. The second-order valence-corrected chi connectivity index (χ2v) is 12.9. The van der Waals surface area contributed by atoms with Gasteiger partial charge in [-0.05, 0) is 79.8 Å². The van der Waals surface area contributed by atoms with Crippen molar-refractivity contribution in [2.75, 3.05) is 5.75 Å². The summed E-state index contributed by atoms with van der Waals surface area (Å²) < 4.78 is 32.2. The monoisotopic (exact) mass is 515 g/mol. The van der Waals surface area contributed by atoms with Gasteiger partial charge in [0.2, 0.25) is 5.89 Å². The molecule has 184 valence electrons. The first kappa shape index (κ1) is 22.8. The lowest BCUT2D eigenvalue weighted by Crippen LogP contribution is -2.59. The SMILES string of the molecule is N=[S@](=O)(CC1CC1)c1ccc(C(=O)N[C@@]2(N)C=CC3(CC(N)(c4nc5cc(Cl)ccc5o4)C3)C2)o1. The first-order valence-corrected chi connectivity index (χ1v) is 13.6. The minimum absolute atomic E-state index is 0.0122. The van der Waals surface area contributed by atoms with Crippen LogP contribution in [0.1, 0.15) is 48.5 Å². The van der Waals surface area contributed by atoms with E-state index in [1.807, 2.05) is 6.08 Å². The largest absolute Gasteiger partial charge is 0.441 e. The third-order valence-corrected chi connectivity index (χ3v) is 9.18. The molecule has 0 radical (unpaired) electrons. The van der Waals surface area contributed by atoms with Crippen LogP contribution in [0.2, 0.25) is 5.02 Å². The van der Waals surface area contributed by atoms with Crippen LogP contribution in [0.5, 0.6) is 0 Å². The van der Waals surface area contributed by atoms with Crippen molar-refractivity contribution in [3.8, 4) is 0 Å². The zero-order valence-electron chi connectivity index (χ0n) is 18.9. The fraction of sp³-hybridized carbons (Fsp3) is 0.417. The van der Waals surface area contributed by atoms with Crippen molar-refractivity contribution in [1.82, 2.24) is 10.3 Å². The Kier molecular flexibility index (Phi) is 4.83. The van der Waals surface area contributed by atoms with E-state index in [1.165, 1.54) is 12.1 Å². The zero-order valence-corrected chi connectivity index (χ0v) is 20.5. The van der Waals surface area contributed by atoms with Crippen LogP contribution in [0.25, 0.3) is 11.1 Å². The number of nitrogens with one attached hydrogen (secondary N) is 2. The highest BCUT2D eigenvalue weighted by molar-refractivity contribution is 7.92. The normalized spacial score (nSPS) is 31.5. The summed E-state index contributed by atoms with van der Waals surface area (Å²) in [5, 5.41) is 3.43. The second kappa shape index (κ2) is 7.42. The molecule has 6 N–H and O–H groups in total. The molecule has 3 aliphatic carbocycles. The van der Waals surface area contributed by atoms with Gasteiger partial charge in [-0.15, -0.1) is 0 Å². The number of furan rings is 1. The molecule has 2 atom stereocenters.